The van der Waals surface area contributed by atoms with Crippen LogP contribution in [-0.2, 0) is 9.84 Å². The summed E-state index contributed by atoms with van der Waals surface area (Å²) < 4.78 is 29.2. The Morgan fingerprint density at radius 1 is 1.11 bits per heavy atom. The first-order valence-electron chi connectivity index (χ1n) is 11.8. The van der Waals surface area contributed by atoms with Crippen LogP contribution in [0.5, 0.6) is 0 Å². The van der Waals surface area contributed by atoms with E-state index < -0.39 is 9.84 Å². The van der Waals surface area contributed by atoms with Crippen molar-refractivity contribution in [2.75, 3.05) is 5.32 Å². The molecule has 0 saturated heterocycles. The standard InChI is InChI=1S/C26H23N7O2S/c1-16-5-2-3-8-22(16)36(34,35)26-25-32-31-24(33(25)21-11-12-28-23(21)30-26)18-9-10-20(14-18)29-19-7-4-6-17(13-19)15-27/h2-8,11-13,18,20,28-29H,9-10,14H2,1H3/t18-,20-/m1/s1. The van der Waals surface area contributed by atoms with Crippen molar-refractivity contribution in [2.45, 2.75) is 48.1 Å². The molecule has 10 heteroatoms. The predicted octanol–water partition coefficient (Wildman–Crippen LogP) is 4.37. The number of benzene rings is 2. The third-order valence-electron chi connectivity index (χ3n) is 6.84. The second kappa shape index (κ2) is 8.46. The van der Waals surface area contributed by atoms with Gasteiger partial charge in [-0.15, -0.1) is 10.2 Å². The van der Waals surface area contributed by atoms with Gasteiger partial charge < -0.3 is 10.3 Å². The summed E-state index contributed by atoms with van der Waals surface area (Å²) in [6.07, 6.45) is 4.36. The number of nitriles is 1. The van der Waals surface area contributed by atoms with Crippen LogP contribution in [0, 0.1) is 18.3 Å². The van der Waals surface area contributed by atoms with Gasteiger partial charge in [-0.3, -0.25) is 4.40 Å². The van der Waals surface area contributed by atoms with Gasteiger partial charge in [0.15, 0.2) is 11.3 Å². The smallest absolute Gasteiger partial charge is 0.228 e. The molecule has 0 aliphatic heterocycles. The minimum absolute atomic E-state index is 0.0890. The van der Waals surface area contributed by atoms with Gasteiger partial charge in [-0.25, -0.2) is 13.4 Å². The highest BCUT2D eigenvalue weighted by Gasteiger charge is 2.33. The maximum Gasteiger partial charge on any atom is 0.228 e. The van der Waals surface area contributed by atoms with Crippen LogP contribution in [0.15, 0.2) is 70.7 Å². The topological polar surface area (TPSA) is 129 Å². The van der Waals surface area contributed by atoms with Crippen LogP contribution in [0.4, 0.5) is 5.69 Å². The highest BCUT2D eigenvalue weighted by atomic mass is 32.2. The highest BCUT2D eigenvalue weighted by Crippen LogP contribution is 2.37. The van der Waals surface area contributed by atoms with Crippen molar-refractivity contribution < 1.29 is 8.42 Å². The number of sulfone groups is 1. The van der Waals surface area contributed by atoms with Gasteiger partial charge in [-0.2, -0.15) is 5.26 Å². The quantitative estimate of drug-likeness (QED) is 0.369. The number of H-pyrrole nitrogens is 1. The maximum atomic E-state index is 13.7. The summed E-state index contributed by atoms with van der Waals surface area (Å²) in [4.78, 5) is 7.74. The fourth-order valence-corrected chi connectivity index (χ4v) is 6.66. The Morgan fingerprint density at radius 2 is 1.97 bits per heavy atom. The Hall–Kier alpha value is -4.23. The molecule has 0 unspecified atom stereocenters. The molecule has 1 aliphatic carbocycles. The number of fused-ring (bicyclic) bond motifs is 3. The molecular formula is C26H23N7O2S. The van der Waals surface area contributed by atoms with E-state index in [1.165, 1.54) is 0 Å². The molecule has 1 fully saturated rings. The van der Waals surface area contributed by atoms with E-state index in [1.54, 1.807) is 37.4 Å². The van der Waals surface area contributed by atoms with Crippen LogP contribution >= 0.6 is 0 Å². The van der Waals surface area contributed by atoms with E-state index in [0.29, 0.717) is 16.8 Å². The van der Waals surface area contributed by atoms with E-state index in [0.717, 1.165) is 36.3 Å². The molecule has 3 heterocycles. The monoisotopic (exact) mass is 497 g/mol. The van der Waals surface area contributed by atoms with Gasteiger partial charge in [-0.1, -0.05) is 24.3 Å². The van der Waals surface area contributed by atoms with Crippen LogP contribution in [-0.4, -0.2) is 39.0 Å². The number of anilines is 1. The fraction of sp³-hybridized carbons (Fsp3) is 0.231. The molecule has 1 saturated carbocycles. The highest BCUT2D eigenvalue weighted by molar-refractivity contribution is 7.91. The molecule has 0 spiro atoms. The van der Waals surface area contributed by atoms with E-state index >= 15 is 0 Å². The summed E-state index contributed by atoms with van der Waals surface area (Å²) in [5.41, 5.74) is 3.62. The van der Waals surface area contributed by atoms with Crippen molar-refractivity contribution in [3.8, 4) is 6.07 Å². The first-order valence-corrected chi connectivity index (χ1v) is 13.2. The molecule has 36 heavy (non-hydrogen) atoms. The zero-order valence-electron chi connectivity index (χ0n) is 19.5. The third kappa shape index (κ3) is 3.60. The maximum absolute atomic E-state index is 13.7. The number of hydrogen-bond donors (Lipinski definition) is 2. The van der Waals surface area contributed by atoms with Crippen molar-refractivity contribution in [3.63, 3.8) is 0 Å². The molecule has 1 aliphatic rings. The Balaban J connectivity index is 1.40. The zero-order valence-corrected chi connectivity index (χ0v) is 20.3. The normalized spacial score (nSPS) is 18.0. The lowest BCUT2D eigenvalue weighted by molar-refractivity contribution is 0.592. The lowest BCUT2D eigenvalue weighted by Gasteiger charge is -2.15. The first-order chi connectivity index (χ1) is 17.5. The van der Waals surface area contributed by atoms with Gasteiger partial charge in [0, 0.05) is 23.8 Å². The van der Waals surface area contributed by atoms with Crippen molar-refractivity contribution in [1.29, 1.82) is 5.26 Å². The molecule has 5 aromatic rings. The molecule has 6 rings (SSSR count). The van der Waals surface area contributed by atoms with Gasteiger partial charge in [-0.05, 0) is 62.1 Å². The van der Waals surface area contributed by atoms with Gasteiger partial charge in [0.2, 0.25) is 14.9 Å². The minimum Gasteiger partial charge on any atom is -0.382 e. The molecule has 2 N–H and O–H groups in total. The predicted molar refractivity (Wildman–Crippen MR) is 134 cm³/mol. The lowest BCUT2D eigenvalue weighted by atomic mass is 10.1. The summed E-state index contributed by atoms with van der Waals surface area (Å²) in [7, 11) is -3.93. The average Bonchev–Trinajstić information content (AvgIpc) is 3.62. The van der Waals surface area contributed by atoms with E-state index in [4.69, 9.17) is 0 Å². The van der Waals surface area contributed by atoms with Crippen LogP contribution in [0.2, 0.25) is 0 Å². The molecular weight excluding hydrogens is 474 g/mol. The molecule has 2 aromatic carbocycles. The van der Waals surface area contributed by atoms with Crippen LogP contribution in [0.1, 0.15) is 42.1 Å². The largest absolute Gasteiger partial charge is 0.382 e. The molecule has 0 bridgehead atoms. The summed E-state index contributed by atoms with van der Waals surface area (Å²) in [6, 6.07) is 18.6. The van der Waals surface area contributed by atoms with Crippen molar-refractivity contribution in [3.05, 3.63) is 77.7 Å². The van der Waals surface area contributed by atoms with Crippen molar-refractivity contribution in [2.24, 2.45) is 0 Å². The number of hydrogen-bond acceptors (Lipinski definition) is 7. The second-order valence-electron chi connectivity index (χ2n) is 9.16. The van der Waals surface area contributed by atoms with Crippen molar-refractivity contribution >= 4 is 32.3 Å². The summed E-state index contributed by atoms with van der Waals surface area (Å²) >= 11 is 0. The minimum atomic E-state index is -3.93. The Morgan fingerprint density at radius 3 is 2.81 bits per heavy atom. The second-order valence-corrected chi connectivity index (χ2v) is 11.0. The summed E-state index contributed by atoms with van der Waals surface area (Å²) in [6.45, 7) is 1.77. The average molecular weight is 498 g/mol. The van der Waals surface area contributed by atoms with Gasteiger partial charge in [0.25, 0.3) is 0 Å². The number of rotatable bonds is 5. The number of aromatic amines is 1. The molecule has 2 atom stereocenters. The molecule has 180 valence electrons. The zero-order chi connectivity index (χ0) is 24.9. The molecule has 3 aromatic heterocycles. The van der Waals surface area contributed by atoms with Crippen LogP contribution in [0.3, 0.4) is 0 Å². The number of nitrogens with zero attached hydrogens (tertiary/aromatic N) is 5. The Kier molecular flexibility index (Phi) is 5.23. The number of aryl methyl sites for hydroxylation is 1. The molecule has 0 radical (unpaired) electrons. The van der Waals surface area contributed by atoms with Crippen LogP contribution < -0.4 is 5.32 Å². The van der Waals surface area contributed by atoms with Crippen LogP contribution in [0.25, 0.3) is 16.8 Å². The van der Waals surface area contributed by atoms with E-state index in [1.807, 2.05) is 34.7 Å². The van der Waals surface area contributed by atoms with Gasteiger partial charge in [0.1, 0.15) is 5.82 Å². The Labute approximate surface area is 207 Å². The SMILES string of the molecule is Cc1ccccc1S(=O)(=O)c1nc2[nH]ccc2n2c([C@@H]3CC[C@@H](Nc4cccc(C#N)c4)C3)nnc12. The Bertz CT molecular complexity index is 1760. The molecule has 9 nitrogen and oxygen atoms in total. The summed E-state index contributed by atoms with van der Waals surface area (Å²) in [5.74, 6) is 0.819. The van der Waals surface area contributed by atoms with Gasteiger partial charge in [0.05, 0.1) is 22.0 Å². The molecule has 0 amide bonds. The van der Waals surface area contributed by atoms with E-state index in [9.17, 15) is 13.7 Å². The number of aromatic nitrogens is 5. The van der Waals surface area contributed by atoms with Gasteiger partial charge >= 0.3 is 0 Å². The number of nitrogens with one attached hydrogen (secondary N) is 2. The third-order valence-corrected chi connectivity index (χ3v) is 8.66. The lowest BCUT2D eigenvalue weighted by Crippen LogP contribution is -2.16. The van der Waals surface area contributed by atoms with E-state index in [-0.39, 0.29) is 27.5 Å². The van der Waals surface area contributed by atoms with E-state index in [2.05, 4.69) is 31.6 Å². The van der Waals surface area contributed by atoms with Crippen molar-refractivity contribution in [1.82, 2.24) is 24.6 Å². The summed E-state index contributed by atoms with van der Waals surface area (Å²) in [5, 5.41) is 21.4. The fourth-order valence-electron chi connectivity index (χ4n) is 5.11. The first kappa shape index (κ1) is 22.2.